The monoisotopic (exact) mass is 405 g/mol. The van der Waals surface area contributed by atoms with Gasteiger partial charge in [0.15, 0.2) is 0 Å². The first kappa shape index (κ1) is 27.4. The van der Waals surface area contributed by atoms with Crippen molar-refractivity contribution in [2.24, 2.45) is 16.8 Å². The summed E-state index contributed by atoms with van der Waals surface area (Å²) in [4.78, 5) is 42.0. The molecule has 0 aromatic heterocycles. The second-order valence-corrected chi connectivity index (χ2v) is 6.87. The van der Waals surface area contributed by atoms with Crippen molar-refractivity contribution in [2.45, 2.75) is 60.0 Å². The molecule has 0 aromatic carbocycles. The van der Waals surface area contributed by atoms with Crippen molar-refractivity contribution >= 4 is 29.8 Å². The molecule has 0 aromatic rings. The molecule has 1 rings (SSSR count). The van der Waals surface area contributed by atoms with Crippen LogP contribution in [0.1, 0.15) is 54.4 Å². The summed E-state index contributed by atoms with van der Waals surface area (Å²) in [5, 5.41) is 19.0. The van der Waals surface area contributed by atoms with Crippen molar-refractivity contribution in [2.75, 3.05) is 13.1 Å². The first-order valence-electron chi connectivity index (χ1n) is 8.53. The largest absolute Gasteiger partial charge is 0.481 e. The normalized spacial score (nSPS) is 14.5. The number of carboxylic acid groups (broad SMARTS) is 1. The maximum absolute atomic E-state index is 11.8. The molecule has 1 fully saturated rings. The van der Waals surface area contributed by atoms with E-state index in [1.165, 1.54) is 13.8 Å². The molecule has 0 atom stereocenters. The fraction of sp³-hybridized carbons (Fsp3) is 0.706. The standard InChI is InChI=1S/C11H21N3O3.C4H6O3.C2H4O2/c1-11(2,3)17-10(15)14-6-4-8(5-7-14)9(12)13-16;1-3(5)7-4(2)6;1-2(3)4/h8,16H,4-7H2,1-3H3,(H2,12,13);1-2H3;1H3,(H,3,4). The number of carboxylic acids is 1. The van der Waals surface area contributed by atoms with Crippen molar-refractivity contribution in [1.29, 1.82) is 0 Å². The van der Waals surface area contributed by atoms with Gasteiger partial charge in [-0.05, 0) is 33.6 Å². The Hall–Kier alpha value is -2.85. The average Bonchev–Trinajstić information content (AvgIpc) is 2.51. The van der Waals surface area contributed by atoms with Gasteiger partial charge in [0.05, 0.1) is 0 Å². The number of piperidine rings is 1. The van der Waals surface area contributed by atoms with Crippen LogP contribution in [0, 0.1) is 5.92 Å². The van der Waals surface area contributed by atoms with E-state index in [1.807, 2.05) is 20.8 Å². The highest BCUT2D eigenvalue weighted by atomic mass is 16.6. The molecule has 4 N–H and O–H groups in total. The molecule has 162 valence electrons. The highest BCUT2D eigenvalue weighted by molar-refractivity contribution is 5.83. The van der Waals surface area contributed by atoms with E-state index in [0.29, 0.717) is 25.9 Å². The van der Waals surface area contributed by atoms with Gasteiger partial charge in [-0.1, -0.05) is 5.16 Å². The molecule has 28 heavy (non-hydrogen) atoms. The summed E-state index contributed by atoms with van der Waals surface area (Å²) in [6.45, 7) is 10.1. The number of hydrogen-bond acceptors (Lipinski definition) is 8. The highest BCUT2D eigenvalue weighted by Gasteiger charge is 2.28. The van der Waals surface area contributed by atoms with Crippen LogP contribution >= 0.6 is 0 Å². The molecular weight excluding hydrogens is 374 g/mol. The predicted octanol–water partition coefficient (Wildman–Crippen LogP) is 1.57. The molecule has 0 saturated carbocycles. The molecule has 0 bridgehead atoms. The Morgan fingerprint density at radius 1 is 1.04 bits per heavy atom. The van der Waals surface area contributed by atoms with Gasteiger partial charge in [-0.25, -0.2) is 4.79 Å². The number of carbonyl (C=O) groups excluding carboxylic acids is 3. The quantitative estimate of drug-likeness (QED) is 0.146. The van der Waals surface area contributed by atoms with E-state index in [2.05, 4.69) is 9.89 Å². The number of ether oxygens (including phenoxy) is 2. The SMILES string of the molecule is CC(=O)O.CC(=O)OC(C)=O.CC(C)(C)OC(=O)N1CCC(/C(N)=N/O)CC1. The molecule has 0 radical (unpaired) electrons. The van der Waals surface area contributed by atoms with E-state index in [1.54, 1.807) is 4.90 Å². The van der Waals surface area contributed by atoms with Crippen molar-refractivity contribution in [3.8, 4) is 0 Å². The van der Waals surface area contributed by atoms with Gasteiger partial charge in [0, 0.05) is 39.8 Å². The summed E-state index contributed by atoms with van der Waals surface area (Å²) in [6, 6.07) is 0. The number of oxime groups is 1. The van der Waals surface area contributed by atoms with E-state index in [9.17, 15) is 14.4 Å². The highest BCUT2D eigenvalue weighted by Crippen LogP contribution is 2.19. The third-order valence-electron chi connectivity index (χ3n) is 2.97. The summed E-state index contributed by atoms with van der Waals surface area (Å²) < 4.78 is 9.25. The van der Waals surface area contributed by atoms with Crippen LogP contribution in [0.15, 0.2) is 5.16 Å². The molecule has 1 aliphatic rings. The maximum Gasteiger partial charge on any atom is 0.410 e. The summed E-state index contributed by atoms with van der Waals surface area (Å²) >= 11 is 0. The van der Waals surface area contributed by atoms with Gasteiger partial charge in [-0.2, -0.15) is 0 Å². The number of nitrogens with zero attached hydrogens (tertiary/aromatic N) is 2. The lowest BCUT2D eigenvalue weighted by Crippen LogP contribution is -2.44. The first-order valence-corrected chi connectivity index (χ1v) is 8.53. The van der Waals surface area contributed by atoms with Crippen LogP contribution in [-0.4, -0.2) is 63.7 Å². The Balaban J connectivity index is 0. The van der Waals surface area contributed by atoms with Crippen LogP contribution in [0.3, 0.4) is 0 Å². The minimum atomic E-state index is -0.833. The van der Waals surface area contributed by atoms with Gasteiger partial charge in [0.1, 0.15) is 11.4 Å². The second kappa shape index (κ2) is 13.3. The predicted molar refractivity (Wildman–Crippen MR) is 99.7 cm³/mol. The summed E-state index contributed by atoms with van der Waals surface area (Å²) in [6.07, 6.45) is 1.11. The molecule has 1 amide bonds. The first-order chi connectivity index (χ1) is 12.7. The summed E-state index contributed by atoms with van der Waals surface area (Å²) in [7, 11) is 0. The maximum atomic E-state index is 11.8. The van der Waals surface area contributed by atoms with Crippen molar-refractivity contribution < 1.29 is 39.0 Å². The second-order valence-electron chi connectivity index (χ2n) is 6.87. The minimum Gasteiger partial charge on any atom is -0.481 e. The molecule has 1 heterocycles. The molecule has 11 heteroatoms. The Kier molecular flexibility index (Phi) is 13.0. The van der Waals surface area contributed by atoms with Crippen molar-refractivity contribution in [1.82, 2.24) is 4.90 Å². The number of likely N-dealkylation sites (tertiary alicyclic amines) is 1. The Morgan fingerprint density at radius 3 is 1.68 bits per heavy atom. The fourth-order valence-corrected chi connectivity index (χ4v) is 1.97. The van der Waals surface area contributed by atoms with Gasteiger partial charge >= 0.3 is 18.0 Å². The summed E-state index contributed by atoms with van der Waals surface area (Å²) in [5.41, 5.74) is 5.06. The van der Waals surface area contributed by atoms with Crippen LogP contribution in [0.5, 0.6) is 0 Å². The number of aliphatic carboxylic acids is 1. The van der Waals surface area contributed by atoms with Crippen LogP contribution in [0.2, 0.25) is 0 Å². The zero-order valence-electron chi connectivity index (χ0n) is 17.2. The zero-order valence-corrected chi connectivity index (χ0v) is 17.2. The fourth-order valence-electron chi connectivity index (χ4n) is 1.97. The number of esters is 2. The van der Waals surface area contributed by atoms with Crippen molar-refractivity contribution in [3.05, 3.63) is 0 Å². The van der Waals surface area contributed by atoms with E-state index in [0.717, 1.165) is 6.92 Å². The Labute approximate surface area is 164 Å². The number of amidine groups is 1. The number of amides is 1. The molecular formula is C17H31N3O8. The zero-order chi connectivity index (χ0) is 22.5. The topological polar surface area (TPSA) is 169 Å². The lowest BCUT2D eigenvalue weighted by Gasteiger charge is -2.32. The number of carbonyl (C=O) groups is 4. The Bertz CT molecular complexity index is 545. The molecule has 0 aliphatic carbocycles. The van der Waals surface area contributed by atoms with Crippen LogP contribution in [0.25, 0.3) is 0 Å². The third-order valence-corrected chi connectivity index (χ3v) is 2.97. The minimum absolute atomic E-state index is 0.0543. The van der Waals surface area contributed by atoms with Gasteiger partial charge in [-0.3, -0.25) is 14.4 Å². The van der Waals surface area contributed by atoms with Gasteiger partial charge in [-0.15, -0.1) is 0 Å². The van der Waals surface area contributed by atoms with Crippen LogP contribution in [-0.2, 0) is 23.9 Å². The Morgan fingerprint density at radius 2 is 1.43 bits per heavy atom. The van der Waals surface area contributed by atoms with E-state index in [-0.39, 0.29) is 17.8 Å². The van der Waals surface area contributed by atoms with E-state index in [4.69, 9.17) is 25.6 Å². The van der Waals surface area contributed by atoms with Gasteiger partial charge < -0.3 is 30.4 Å². The van der Waals surface area contributed by atoms with Crippen LogP contribution in [0.4, 0.5) is 4.79 Å². The van der Waals surface area contributed by atoms with Gasteiger partial charge in [0.25, 0.3) is 5.97 Å². The number of rotatable bonds is 1. The molecule has 1 saturated heterocycles. The lowest BCUT2D eigenvalue weighted by atomic mass is 9.96. The van der Waals surface area contributed by atoms with E-state index < -0.39 is 23.5 Å². The summed E-state index contributed by atoms with van der Waals surface area (Å²) in [5.74, 6) is -1.66. The van der Waals surface area contributed by atoms with Crippen molar-refractivity contribution in [3.63, 3.8) is 0 Å². The molecule has 1 aliphatic heterocycles. The lowest BCUT2D eigenvalue weighted by molar-refractivity contribution is -0.156. The number of hydrogen-bond donors (Lipinski definition) is 3. The average molecular weight is 405 g/mol. The van der Waals surface area contributed by atoms with Gasteiger partial charge in [0.2, 0.25) is 0 Å². The molecule has 0 spiro atoms. The molecule has 11 nitrogen and oxygen atoms in total. The number of nitrogens with two attached hydrogens (primary N) is 1. The third kappa shape index (κ3) is 16.6. The molecule has 0 unspecified atom stereocenters. The van der Waals surface area contributed by atoms with E-state index >= 15 is 0 Å². The smallest absolute Gasteiger partial charge is 0.410 e. The van der Waals surface area contributed by atoms with Crippen LogP contribution < -0.4 is 5.73 Å².